The Bertz CT molecular complexity index is 541. The number of nitrogens with one attached hydrogen (secondary N) is 2. The predicted octanol–water partition coefficient (Wildman–Crippen LogP) is 2.31. The molecule has 0 radical (unpaired) electrons. The highest BCUT2D eigenvalue weighted by atomic mass is 19.1. The third kappa shape index (κ3) is 3.63. The van der Waals surface area contributed by atoms with E-state index in [2.05, 4.69) is 16.7 Å². The van der Waals surface area contributed by atoms with Gasteiger partial charge >= 0.3 is 0 Å². The average molecular weight is 280 g/mol. The topological polar surface area (TPSA) is 41.1 Å². The van der Waals surface area contributed by atoms with Gasteiger partial charge in [-0.1, -0.05) is 11.6 Å². The Morgan fingerprint density at radius 2 is 2.15 bits per heavy atom. The quantitative estimate of drug-likeness (QED) is 0.831. The Kier molecular flexibility index (Phi) is 4.84. The van der Waals surface area contributed by atoms with Gasteiger partial charge in [0.1, 0.15) is 11.6 Å². The molecule has 108 valence electrons. The SMILES string of the molecule is Cc1cc(C(=O)NCCC2=CCNCC2)c(F)cc1F. The molecule has 3 nitrogen and oxygen atoms in total. The monoisotopic (exact) mass is 280 g/mol. The van der Waals surface area contributed by atoms with Gasteiger partial charge in [-0.15, -0.1) is 0 Å². The highest BCUT2D eigenvalue weighted by Gasteiger charge is 2.14. The van der Waals surface area contributed by atoms with Crippen molar-refractivity contribution < 1.29 is 13.6 Å². The van der Waals surface area contributed by atoms with Crippen molar-refractivity contribution in [2.24, 2.45) is 0 Å². The summed E-state index contributed by atoms with van der Waals surface area (Å²) in [4.78, 5) is 11.9. The van der Waals surface area contributed by atoms with Crippen molar-refractivity contribution in [3.05, 3.63) is 46.5 Å². The van der Waals surface area contributed by atoms with Gasteiger partial charge in [0.05, 0.1) is 5.56 Å². The summed E-state index contributed by atoms with van der Waals surface area (Å²) in [5.41, 5.74) is 1.45. The predicted molar refractivity (Wildman–Crippen MR) is 73.6 cm³/mol. The van der Waals surface area contributed by atoms with Crippen molar-refractivity contribution >= 4 is 5.91 Å². The molecule has 0 atom stereocenters. The Morgan fingerprint density at radius 3 is 2.85 bits per heavy atom. The molecule has 1 heterocycles. The number of carbonyl (C=O) groups is 1. The minimum Gasteiger partial charge on any atom is -0.352 e. The minimum atomic E-state index is -0.827. The fraction of sp³-hybridized carbons (Fsp3) is 0.400. The first kappa shape index (κ1) is 14.7. The highest BCUT2D eigenvalue weighted by Crippen LogP contribution is 2.14. The molecule has 0 bridgehead atoms. The molecule has 2 rings (SSSR count). The van der Waals surface area contributed by atoms with Crippen LogP contribution in [0.25, 0.3) is 0 Å². The van der Waals surface area contributed by atoms with Gasteiger partial charge in [-0.2, -0.15) is 0 Å². The van der Waals surface area contributed by atoms with Crippen LogP contribution in [0.5, 0.6) is 0 Å². The largest absolute Gasteiger partial charge is 0.352 e. The van der Waals surface area contributed by atoms with Crippen LogP contribution in [0.3, 0.4) is 0 Å². The van der Waals surface area contributed by atoms with Crippen molar-refractivity contribution in [1.29, 1.82) is 0 Å². The molecule has 0 spiro atoms. The van der Waals surface area contributed by atoms with Crippen LogP contribution in [0.4, 0.5) is 8.78 Å². The zero-order valence-corrected chi connectivity index (χ0v) is 11.4. The summed E-state index contributed by atoms with van der Waals surface area (Å²) in [7, 11) is 0. The lowest BCUT2D eigenvalue weighted by Gasteiger charge is -2.14. The molecule has 0 unspecified atom stereocenters. The summed E-state index contributed by atoms with van der Waals surface area (Å²) in [5.74, 6) is -1.97. The Morgan fingerprint density at radius 1 is 1.35 bits per heavy atom. The third-order valence-electron chi connectivity index (χ3n) is 3.38. The van der Waals surface area contributed by atoms with Crippen LogP contribution in [0, 0.1) is 18.6 Å². The number of halogens is 2. The molecule has 0 fully saturated rings. The fourth-order valence-corrected chi connectivity index (χ4v) is 2.16. The molecule has 1 aliphatic heterocycles. The van der Waals surface area contributed by atoms with Crippen molar-refractivity contribution in [2.75, 3.05) is 19.6 Å². The summed E-state index contributed by atoms with van der Waals surface area (Å²) in [6.07, 6.45) is 3.84. The summed E-state index contributed by atoms with van der Waals surface area (Å²) in [5, 5.41) is 5.88. The van der Waals surface area contributed by atoms with Gasteiger partial charge in [0, 0.05) is 19.2 Å². The summed E-state index contributed by atoms with van der Waals surface area (Å²) in [6, 6.07) is 1.99. The van der Waals surface area contributed by atoms with E-state index in [1.807, 2.05) is 0 Å². The molecule has 1 aromatic rings. The van der Waals surface area contributed by atoms with E-state index in [0.29, 0.717) is 6.54 Å². The molecule has 5 heteroatoms. The Labute approximate surface area is 117 Å². The second kappa shape index (κ2) is 6.61. The van der Waals surface area contributed by atoms with E-state index in [-0.39, 0.29) is 11.1 Å². The fourth-order valence-electron chi connectivity index (χ4n) is 2.16. The second-order valence-corrected chi connectivity index (χ2v) is 4.90. The van der Waals surface area contributed by atoms with Crippen LogP contribution in [0.2, 0.25) is 0 Å². The molecule has 1 aliphatic rings. The Hall–Kier alpha value is -1.75. The lowest BCUT2D eigenvalue weighted by Crippen LogP contribution is -2.27. The average Bonchev–Trinajstić information content (AvgIpc) is 2.44. The lowest BCUT2D eigenvalue weighted by molar-refractivity contribution is 0.0950. The number of aryl methyl sites for hydroxylation is 1. The zero-order chi connectivity index (χ0) is 14.5. The van der Waals surface area contributed by atoms with Gasteiger partial charge in [0.25, 0.3) is 5.91 Å². The van der Waals surface area contributed by atoms with E-state index >= 15 is 0 Å². The van der Waals surface area contributed by atoms with E-state index in [0.717, 1.165) is 32.0 Å². The van der Waals surface area contributed by atoms with E-state index in [9.17, 15) is 13.6 Å². The molecule has 1 aromatic carbocycles. The molecule has 0 saturated heterocycles. The van der Waals surface area contributed by atoms with Crippen molar-refractivity contribution in [3.63, 3.8) is 0 Å². The first-order valence-electron chi connectivity index (χ1n) is 6.70. The molecule has 20 heavy (non-hydrogen) atoms. The molecule has 0 aromatic heterocycles. The van der Waals surface area contributed by atoms with Crippen LogP contribution >= 0.6 is 0 Å². The van der Waals surface area contributed by atoms with Crippen LogP contribution < -0.4 is 10.6 Å². The Balaban J connectivity index is 1.92. The maximum atomic E-state index is 13.5. The van der Waals surface area contributed by atoms with Crippen LogP contribution in [-0.4, -0.2) is 25.5 Å². The summed E-state index contributed by atoms with van der Waals surface area (Å²) >= 11 is 0. The van der Waals surface area contributed by atoms with Crippen molar-refractivity contribution in [1.82, 2.24) is 10.6 Å². The number of carbonyl (C=O) groups excluding carboxylic acids is 1. The zero-order valence-electron chi connectivity index (χ0n) is 11.4. The molecule has 1 amide bonds. The lowest BCUT2D eigenvalue weighted by atomic mass is 10.1. The van der Waals surface area contributed by atoms with E-state index in [1.54, 1.807) is 0 Å². The van der Waals surface area contributed by atoms with Gasteiger partial charge in [0.2, 0.25) is 0 Å². The van der Waals surface area contributed by atoms with Gasteiger partial charge in [-0.3, -0.25) is 4.79 Å². The number of hydrogen-bond donors (Lipinski definition) is 2. The smallest absolute Gasteiger partial charge is 0.254 e. The van der Waals surface area contributed by atoms with Crippen LogP contribution in [-0.2, 0) is 0 Å². The third-order valence-corrected chi connectivity index (χ3v) is 3.38. The molecule has 0 saturated carbocycles. The van der Waals surface area contributed by atoms with Gasteiger partial charge in [-0.25, -0.2) is 8.78 Å². The van der Waals surface area contributed by atoms with E-state index in [1.165, 1.54) is 18.6 Å². The number of benzene rings is 1. The summed E-state index contributed by atoms with van der Waals surface area (Å²) < 4.78 is 26.7. The van der Waals surface area contributed by atoms with Gasteiger partial charge in [0.15, 0.2) is 0 Å². The first-order valence-corrected chi connectivity index (χ1v) is 6.70. The van der Waals surface area contributed by atoms with Crippen molar-refractivity contribution in [3.8, 4) is 0 Å². The van der Waals surface area contributed by atoms with Crippen LogP contribution in [0.15, 0.2) is 23.8 Å². The highest BCUT2D eigenvalue weighted by molar-refractivity contribution is 5.94. The standard InChI is InChI=1S/C15H18F2N2O/c1-10-8-12(14(17)9-13(10)16)15(20)19-7-4-11-2-5-18-6-3-11/h2,8-9,18H,3-7H2,1H3,(H,19,20). The van der Waals surface area contributed by atoms with Gasteiger partial charge in [-0.05, 0) is 37.9 Å². The maximum absolute atomic E-state index is 13.5. The number of hydrogen-bond acceptors (Lipinski definition) is 2. The summed E-state index contributed by atoms with van der Waals surface area (Å²) in [6.45, 7) is 3.77. The maximum Gasteiger partial charge on any atom is 0.254 e. The normalized spacial score (nSPS) is 14.8. The number of amides is 1. The minimum absolute atomic E-state index is 0.108. The molecular formula is C15H18F2N2O. The number of rotatable bonds is 4. The second-order valence-electron chi connectivity index (χ2n) is 4.90. The van der Waals surface area contributed by atoms with Crippen molar-refractivity contribution in [2.45, 2.75) is 19.8 Å². The molecule has 2 N–H and O–H groups in total. The van der Waals surface area contributed by atoms with E-state index < -0.39 is 17.5 Å². The van der Waals surface area contributed by atoms with E-state index in [4.69, 9.17) is 0 Å². The van der Waals surface area contributed by atoms with Crippen LogP contribution in [0.1, 0.15) is 28.8 Å². The first-order chi connectivity index (χ1) is 9.58. The molecule has 0 aliphatic carbocycles. The van der Waals surface area contributed by atoms with Gasteiger partial charge < -0.3 is 10.6 Å². The molecular weight excluding hydrogens is 262 g/mol.